The molecule has 1 aromatic rings. The molecule has 1 rings (SSSR count). The summed E-state index contributed by atoms with van der Waals surface area (Å²) in [6, 6.07) is 3.47. The summed E-state index contributed by atoms with van der Waals surface area (Å²) in [5.41, 5.74) is 0.199. The number of carboxylic acid groups (broad SMARTS) is 1. The molecule has 21 heavy (non-hydrogen) atoms. The summed E-state index contributed by atoms with van der Waals surface area (Å²) < 4.78 is 24.9. The topological polar surface area (TPSA) is 83.5 Å². The first-order valence-corrected chi connectivity index (χ1v) is 7.83. The molecule has 114 valence electrons. The second-order valence-electron chi connectivity index (χ2n) is 4.53. The molecule has 2 unspecified atom stereocenters. The van der Waals surface area contributed by atoms with Crippen LogP contribution in [0.4, 0.5) is 4.39 Å². The zero-order chi connectivity index (χ0) is 16.0. The van der Waals surface area contributed by atoms with Crippen molar-refractivity contribution in [3.05, 3.63) is 41.2 Å². The molecule has 0 aliphatic carbocycles. The van der Waals surface area contributed by atoms with Crippen LogP contribution in [-0.4, -0.2) is 39.2 Å². The number of nitrogens with one attached hydrogen (secondary N) is 1. The van der Waals surface area contributed by atoms with Crippen LogP contribution in [0.3, 0.4) is 0 Å². The fourth-order valence-corrected chi connectivity index (χ4v) is 2.47. The van der Waals surface area contributed by atoms with Gasteiger partial charge in [-0.05, 0) is 30.7 Å². The highest BCUT2D eigenvalue weighted by Crippen LogP contribution is 2.12. The van der Waals surface area contributed by atoms with Crippen LogP contribution in [-0.2, 0) is 15.6 Å². The molecule has 0 spiro atoms. The molecule has 0 aliphatic rings. The van der Waals surface area contributed by atoms with Crippen molar-refractivity contribution < 1.29 is 23.3 Å². The summed E-state index contributed by atoms with van der Waals surface area (Å²) in [6.07, 6.45) is 3.63. The molecule has 0 radical (unpaired) electrons. The number of benzene rings is 1. The number of rotatable bonds is 6. The maximum absolute atomic E-state index is 13.8. The molecule has 0 saturated heterocycles. The summed E-state index contributed by atoms with van der Waals surface area (Å²) >= 11 is 0. The van der Waals surface area contributed by atoms with Crippen molar-refractivity contribution >= 4 is 28.8 Å². The third-order valence-electron chi connectivity index (χ3n) is 2.52. The molecular weight excluding hydrogens is 297 g/mol. The summed E-state index contributed by atoms with van der Waals surface area (Å²) in [4.78, 5) is 22.2. The predicted octanol–water partition coefficient (Wildman–Crippen LogP) is 1.42. The maximum atomic E-state index is 13.8. The van der Waals surface area contributed by atoms with Gasteiger partial charge in [0.2, 0.25) is 0 Å². The maximum Gasteiger partial charge on any atom is 0.328 e. The second-order valence-corrected chi connectivity index (χ2v) is 6.00. The van der Waals surface area contributed by atoms with Crippen LogP contribution in [0.1, 0.15) is 22.8 Å². The van der Waals surface area contributed by atoms with Crippen molar-refractivity contribution in [3.63, 3.8) is 0 Å². The van der Waals surface area contributed by atoms with E-state index in [0.29, 0.717) is 5.56 Å². The van der Waals surface area contributed by atoms with Crippen molar-refractivity contribution in [2.24, 2.45) is 0 Å². The number of hydrogen-bond acceptors (Lipinski definition) is 3. The van der Waals surface area contributed by atoms with Crippen molar-refractivity contribution in [1.82, 2.24) is 5.32 Å². The van der Waals surface area contributed by atoms with Crippen LogP contribution in [0.15, 0.2) is 24.3 Å². The first-order valence-electron chi connectivity index (χ1n) is 6.11. The molecule has 2 N–H and O–H groups in total. The van der Waals surface area contributed by atoms with Gasteiger partial charge in [0.15, 0.2) is 0 Å². The molecular formula is C14H16FNO4S. The van der Waals surface area contributed by atoms with Gasteiger partial charge in [-0.3, -0.25) is 9.00 Å². The molecule has 0 saturated carbocycles. The number of amides is 1. The average Bonchev–Trinajstić information content (AvgIpc) is 2.34. The van der Waals surface area contributed by atoms with E-state index in [1.165, 1.54) is 24.5 Å². The fraction of sp³-hybridized carbons (Fsp3) is 0.286. The predicted molar refractivity (Wildman–Crippen MR) is 78.9 cm³/mol. The molecule has 0 bridgehead atoms. The molecule has 1 aromatic carbocycles. The van der Waals surface area contributed by atoms with Crippen LogP contribution >= 0.6 is 0 Å². The number of halogens is 1. The molecule has 1 amide bonds. The van der Waals surface area contributed by atoms with E-state index >= 15 is 0 Å². The van der Waals surface area contributed by atoms with E-state index in [9.17, 15) is 18.2 Å². The summed E-state index contributed by atoms with van der Waals surface area (Å²) in [5.74, 6) is -2.20. The van der Waals surface area contributed by atoms with E-state index in [1.54, 1.807) is 6.92 Å². The van der Waals surface area contributed by atoms with Crippen LogP contribution in [0, 0.1) is 5.82 Å². The lowest BCUT2D eigenvalue weighted by Crippen LogP contribution is -2.36. The Kier molecular flexibility index (Phi) is 6.23. The van der Waals surface area contributed by atoms with Gasteiger partial charge in [0.25, 0.3) is 5.91 Å². The number of carbonyl (C=O) groups excluding carboxylic acids is 1. The number of carboxylic acids is 1. The number of hydrogen-bond donors (Lipinski definition) is 2. The Morgan fingerprint density at radius 2 is 2.14 bits per heavy atom. The molecule has 5 nitrogen and oxygen atoms in total. The van der Waals surface area contributed by atoms with Crippen molar-refractivity contribution in [3.8, 4) is 0 Å². The smallest absolute Gasteiger partial charge is 0.328 e. The SMILES string of the molecule is CC(CS(C)=O)NC(=O)c1ccc(/C=C/C(=O)O)cc1F. The normalized spacial score (nSPS) is 13.9. The van der Waals surface area contributed by atoms with Crippen LogP contribution in [0.2, 0.25) is 0 Å². The zero-order valence-corrected chi connectivity index (χ0v) is 12.4. The highest BCUT2D eigenvalue weighted by atomic mass is 32.2. The lowest BCUT2D eigenvalue weighted by Gasteiger charge is -2.13. The Morgan fingerprint density at radius 1 is 1.48 bits per heavy atom. The van der Waals surface area contributed by atoms with E-state index in [4.69, 9.17) is 5.11 Å². The zero-order valence-electron chi connectivity index (χ0n) is 11.6. The molecule has 0 heterocycles. The monoisotopic (exact) mass is 313 g/mol. The van der Waals surface area contributed by atoms with Gasteiger partial charge in [-0.25, -0.2) is 9.18 Å². The lowest BCUT2D eigenvalue weighted by atomic mass is 10.1. The molecule has 2 atom stereocenters. The standard InChI is InChI=1S/C14H16FNO4S/c1-9(8-21(2)20)16-14(19)11-5-3-10(7-12(11)15)4-6-13(17)18/h3-7,9H,8H2,1-2H3,(H,16,19)(H,17,18)/b6-4+. The van der Waals surface area contributed by atoms with E-state index in [2.05, 4.69) is 5.32 Å². The largest absolute Gasteiger partial charge is 0.478 e. The van der Waals surface area contributed by atoms with Crippen LogP contribution in [0.25, 0.3) is 6.08 Å². The van der Waals surface area contributed by atoms with E-state index in [1.807, 2.05) is 0 Å². The number of carbonyl (C=O) groups is 2. The van der Waals surface area contributed by atoms with Gasteiger partial charge >= 0.3 is 5.97 Å². The van der Waals surface area contributed by atoms with Gasteiger partial charge in [0, 0.05) is 34.9 Å². The Balaban J connectivity index is 2.82. The minimum atomic E-state index is -1.14. The molecule has 0 fully saturated rings. The molecule has 0 aromatic heterocycles. The van der Waals surface area contributed by atoms with Crippen LogP contribution in [0.5, 0.6) is 0 Å². The van der Waals surface area contributed by atoms with Crippen molar-refractivity contribution in [2.75, 3.05) is 12.0 Å². The van der Waals surface area contributed by atoms with Crippen LogP contribution < -0.4 is 5.32 Å². The second kappa shape index (κ2) is 7.68. The Morgan fingerprint density at radius 3 is 2.67 bits per heavy atom. The van der Waals surface area contributed by atoms with Gasteiger partial charge in [-0.15, -0.1) is 0 Å². The number of aliphatic carboxylic acids is 1. The fourth-order valence-electron chi connectivity index (χ4n) is 1.68. The summed E-state index contributed by atoms with van der Waals surface area (Å²) in [5, 5.41) is 11.0. The lowest BCUT2D eigenvalue weighted by molar-refractivity contribution is -0.131. The van der Waals surface area contributed by atoms with Crippen molar-refractivity contribution in [1.29, 1.82) is 0 Å². The van der Waals surface area contributed by atoms with E-state index < -0.39 is 28.5 Å². The van der Waals surface area contributed by atoms with E-state index in [-0.39, 0.29) is 17.4 Å². The van der Waals surface area contributed by atoms with E-state index in [0.717, 1.165) is 12.1 Å². The third-order valence-corrected chi connectivity index (χ3v) is 3.49. The average molecular weight is 313 g/mol. The quantitative estimate of drug-likeness (QED) is 0.778. The van der Waals surface area contributed by atoms with Gasteiger partial charge in [-0.1, -0.05) is 6.07 Å². The molecule has 7 heteroatoms. The minimum Gasteiger partial charge on any atom is -0.478 e. The first kappa shape index (κ1) is 17.0. The van der Waals surface area contributed by atoms with Gasteiger partial charge in [0.1, 0.15) is 5.82 Å². The van der Waals surface area contributed by atoms with Crippen molar-refractivity contribution in [2.45, 2.75) is 13.0 Å². The third kappa shape index (κ3) is 5.86. The Bertz CT molecular complexity index is 601. The highest BCUT2D eigenvalue weighted by molar-refractivity contribution is 7.84. The van der Waals surface area contributed by atoms with Gasteiger partial charge in [0.05, 0.1) is 5.56 Å². The molecule has 0 aliphatic heterocycles. The summed E-state index contributed by atoms with van der Waals surface area (Å²) in [7, 11) is -1.06. The first-order chi connectivity index (χ1) is 9.79. The minimum absolute atomic E-state index is 0.142. The van der Waals surface area contributed by atoms with Gasteiger partial charge in [-0.2, -0.15) is 0 Å². The Hall–Kier alpha value is -2.02. The summed E-state index contributed by atoms with van der Waals surface area (Å²) in [6.45, 7) is 1.68. The highest BCUT2D eigenvalue weighted by Gasteiger charge is 2.15. The Labute approximate surface area is 124 Å². The van der Waals surface area contributed by atoms with Gasteiger partial charge < -0.3 is 10.4 Å².